The van der Waals surface area contributed by atoms with Crippen LogP contribution in [0.4, 0.5) is 0 Å². The van der Waals surface area contributed by atoms with Crippen molar-refractivity contribution in [3.63, 3.8) is 0 Å². The first kappa shape index (κ1) is 12.0. The maximum atomic E-state index is 11.4. The van der Waals surface area contributed by atoms with E-state index in [-0.39, 0.29) is 17.9 Å². The van der Waals surface area contributed by atoms with E-state index in [2.05, 4.69) is 10.1 Å². The number of amides is 1. The van der Waals surface area contributed by atoms with Crippen molar-refractivity contribution >= 4 is 11.9 Å². The van der Waals surface area contributed by atoms with E-state index in [1.54, 1.807) is 0 Å². The second kappa shape index (κ2) is 5.70. The molecule has 1 aliphatic heterocycles. The van der Waals surface area contributed by atoms with Crippen LogP contribution in [-0.4, -0.2) is 49.6 Å². The van der Waals surface area contributed by atoms with Gasteiger partial charge in [0.05, 0.1) is 13.7 Å². The third kappa shape index (κ3) is 3.20. The Morgan fingerprint density at radius 3 is 2.73 bits per heavy atom. The van der Waals surface area contributed by atoms with Crippen molar-refractivity contribution in [2.24, 2.45) is 0 Å². The predicted molar refractivity (Wildman–Crippen MR) is 55.3 cm³/mol. The lowest BCUT2D eigenvalue weighted by Gasteiger charge is -2.37. The van der Waals surface area contributed by atoms with Gasteiger partial charge in [0, 0.05) is 13.1 Å². The molecule has 0 aromatic carbocycles. The van der Waals surface area contributed by atoms with Gasteiger partial charge in [0.25, 0.3) is 0 Å². The summed E-state index contributed by atoms with van der Waals surface area (Å²) < 4.78 is 4.63. The van der Waals surface area contributed by atoms with Crippen molar-refractivity contribution in [1.82, 2.24) is 10.2 Å². The highest BCUT2D eigenvalue weighted by molar-refractivity contribution is 5.81. The van der Waals surface area contributed by atoms with Gasteiger partial charge in [-0.05, 0) is 12.8 Å². The summed E-state index contributed by atoms with van der Waals surface area (Å²) in [4.78, 5) is 24.4. The van der Waals surface area contributed by atoms with Crippen LogP contribution in [0.1, 0.15) is 19.8 Å². The first-order valence-corrected chi connectivity index (χ1v) is 5.27. The lowest BCUT2D eigenvalue weighted by atomic mass is 10.0. The van der Waals surface area contributed by atoms with Gasteiger partial charge in [0.15, 0.2) is 0 Å². The van der Waals surface area contributed by atoms with Crippen LogP contribution in [0.5, 0.6) is 0 Å². The minimum absolute atomic E-state index is 0.0227. The minimum Gasteiger partial charge on any atom is -0.468 e. The fourth-order valence-corrected chi connectivity index (χ4v) is 1.54. The normalized spacial score (nSPS) is 20.5. The summed E-state index contributed by atoms with van der Waals surface area (Å²) >= 11 is 0. The number of ether oxygens (including phenoxy) is 1. The number of likely N-dealkylation sites (tertiary alicyclic amines) is 1. The highest BCUT2D eigenvalue weighted by Crippen LogP contribution is 2.17. The average Bonchev–Trinajstić information content (AvgIpc) is 2.21. The zero-order valence-corrected chi connectivity index (χ0v) is 9.28. The molecule has 0 saturated carbocycles. The molecule has 0 radical (unpaired) electrons. The SMILES string of the molecule is CCCNC(=O)CN1CCC1C(=O)OC. The predicted octanol–water partition coefficient (Wildman–Crippen LogP) is -0.240. The van der Waals surface area contributed by atoms with E-state index in [0.717, 1.165) is 19.4 Å². The van der Waals surface area contributed by atoms with Crippen LogP contribution in [0.3, 0.4) is 0 Å². The highest BCUT2D eigenvalue weighted by Gasteiger charge is 2.35. The Morgan fingerprint density at radius 2 is 2.27 bits per heavy atom. The Kier molecular flexibility index (Phi) is 4.55. The molecule has 0 aromatic rings. The van der Waals surface area contributed by atoms with Crippen LogP contribution >= 0.6 is 0 Å². The van der Waals surface area contributed by atoms with Crippen molar-refractivity contribution in [3.8, 4) is 0 Å². The van der Waals surface area contributed by atoms with Crippen molar-refractivity contribution in [2.75, 3.05) is 26.7 Å². The lowest BCUT2D eigenvalue weighted by Crippen LogP contribution is -2.55. The number of esters is 1. The first-order valence-electron chi connectivity index (χ1n) is 5.27. The van der Waals surface area contributed by atoms with E-state index in [1.165, 1.54) is 7.11 Å². The molecule has 1 heterocycles. The fraction of sp³-hybridized carbons (Fsp3) is 0.800. The number of rotatable bonds is 5. The van der Waals surface area contributed by atoms with Gasteiger partial charge in [-0.1, -0.05) is 6.92 Å². The van der Waals surface area contributed by atoms with E-state index < -0.39 is 0 Å². The molecule has 1 fully saturated rings. The Balaban J connectivity index is 2.27. The van der Waals surface area contributed by atoms with Gasteiger partial charge in [-0.15, -0.1) is 0 Å². The third-order valence-corrected chi connectivity index (χ3v) is 2.52. The summed E-state index contributed by atoms with van der Waals surface area (Å²) in [5, 5.41) is 2.78. The summed E-state index contributed by atoms with van der Waals surface area (Å²) in [6.07, 6.45) is 1.71. The van der Waals surface area contributed by atoms with Gasteiger partial charge in [-0.25, -0.2) is 0 Å². The number of carbonyl (C=O) groups excluding carboxylic acids is 2. The molecule has 5 nitrogen and oxygen atoms in total. The number of nitrogens with one attached hydrogen (secondary N) is 1. The molecular weight excluding hydrogens is 196 g/mol. The molecule has 15 heavy (non-hydrogen) atoms. The Bertz CT molecular complexity index is 243. The van der Waals surface area contributed by atoms with Crippen LogP contribution in [0.15, 0.2) is 0 Å². The maximum absolute atomic E-state index is 11.4. The first-order chi connectivity index (χ1) is 7.19. The summed E-state index contributed by atoms with van der Waals surface area (Å²) in [7, 11) is 1.37. The van der Waals surface area contributed by atoms with Gasteiger partial charge in [-0.3, -0.25) is 14.5 Å². The van der Waals surface area contributed by atoms with Gasteiger partial charge < -0.3 is 10.1 Å². The molecule has 1 rings (SSSR count). The molecule has 1 amide bonds. The minimum atomic E-state index is -0.246. The molecule has 1 unspecified atom stereocenters. The molecule has 1 saturated heterocycles. The zero-order chi connectivity index (χ0) is 11.3. The van der Waals surface area contributed by atoms with Gasteiger partial charge in [0.2, 0.25) is 5.91 Å². The van der Waals surface area contributed by atoms with Crippen LogP contribution in [-0.2, 0) is 14.3 Å². The van der Waals surface area contributed by atoms with E-state index in [0.29, 0.717) is 13.1 Å². The number of methoxy groups -OCH3 is 1. The Morgan fingerprint density at radius 1 is 1.53 bits per heavy atom. The van der Waals surface area contributed by atoms with Crippen LogP contribution in [0.2, 0.25) is 0 Å². The molecule has 0 spiro atoms. The van der Waals surface area contributed by atoms with E-state index in [9.17, 15) is 9.59 Å². The topological polar surface area (TPSA) is 58.6 Å². The summed E-state index contributed by atoms with van der Waals surface area (Å²) in [6, 6.07) is -0.220. The molecular formula is C10H18N2O3. The van der Waals surface area contributed by atoms with E-state index in [1.807, 2.05) is 11.8 Å². The summed E-state index contributed by atoms with van der Waals surface area (Å²) in [5.74, 6) is -0.269. The summed E-state index contributed by atoms with van der Waals surface area (Å²) in [6.45, 7) is 3.77. The monoisotopic (exact) mass is 214 g/mol. The number of carbonyl (C=O) groups is 2. The van der Waals surface area contributed by atoms with Crippen molar-refractivity contribution in [1.29, 1.82) is 0 Å². The van der Waals surface area contributed by atoms with Crippen molar-refractivity contribution in [3.05, 3.63) is 0 Å². The molecule has 1 aliphatic rings. The van der Waals surface area contributed by atoms with E-state index >= 15 is 0 Å². The second-order valence-electron chi connectivity index (χ2n) is 3.65. The van der Waals surface area contributed by atoms with Gasteiger partial charge in [0.1, 0.15) is 6.04 Å². The quantitative estimate of drug-likeness (QED) is 0.642. The Labute approximate surface area is 89.8 Å². The molecule has 0 bridgehead atoms. The van der Waals surface area contributed by atoms with Crippen molar-refractivity contribution < 1.29 is 14.3 Å². The third-order valence-electron chi connectivity index (χ3n) is 2.52. The maximum Gasteiger partial charge on any atom is 0.323 e. The summed E-state index contributed by atoms with van der Waals surface area (Å²) in [5.41, 5.74) is 0. The van der Waals surface area contributed by atoms with E-state index in [4.69, 9.17) is 0 Å². The van der Waals surface area contributed by atoms with Crippen LogP contribution < -0.4 is 5.32 Å². The standard InChI is InChI=1S/C10H18N2O3/c1-3-5-11-9(13)7-12-6-4-8(12)10(14)15-2/h8H,3-7H2,1-2H3,(H,11,13). The molecule has 0 aromatic heterocycles. The molecule has 0 aliphatic carbocycles. The van der Waals surface area contributed by atoms with Gasteiger partial charge >= 0.3 is 5.97 Å². The molecule has 5 heteroatoms. The largest absolute Gasteiger partial charge is 0.468 e. The van der Waals surface area contributed by atoms with Crippen LogP contribution in [0.25, 0.3) is 0 Å². The van der Waals surface area contributed by atoms with Crippen LogP contribution in [0, 0.1) is 0 Å². The smallest absolute Gasteiger partial charge is 0.323 e. The number of hydrogen-bond acceptors (Lipinski definition) is 4. The second-order valence-corrected chi connectivity index (χ2v) is 3.65. The average molecular weight is 214 g/mol. The fourth-order valence-electron chi connectivity index (χ4n) is 1.54. The molecule has 86 valence electrons. The number of nitrogens with zero attached hydrogens (tertiary/aromatic N) is 1. The van der Waals surface area contributed by atoms with Crippen molar-refractivity contribution in [2.45, 2.75) is 25.8 Å². The highest BCUT2D eigenvalue weighted by atomic mass is 16.5. The Hall–Kier alpha value is -1.10. The zero-order valence-electron chi connectivity index (χ0n) is 9.28. The van der Waals surface area contributed by atoms with Gasteiger partial charge in [-0.2, -0.15) is 0 Å². The number of hydrogen-bond donors (Lipinski definition) is 1. The molecule has 1 N–H and O–H groups in total. The lowest BCUT2D eigenvalue weighted by molar-refractivity contribution is -0.152. The molecule has 1 atom stereocenters.